The van der Waals surface area contributed by atoms with Crippen molar-refractivity contribution in [3.8, 4) is 16.2 Å². The number of amides is 2. The van der Waals surface area contributed by atoms with Crippen molar-refractivity contribution < 1.29 is 18.7 Å². The van der Waals surface area contributed by atoms with Gasteiger partial charge in [0.2, 0.25) is 0 Å². The molecule has 3 N–H and O–H groups in total. The Labute approximate surface area is 199 Å². The minimum atomic E-state index is -0.385. The Hall–Kier alpha value is -3.46. The molecule has 0 spiro atoms. The van der Waals surface area contributed by atoms with Gasteiger partial charge in [0, 0.05) is 30.1 Å². The molecule has 1 aromatic heterocycles. The molecule has 9 heteroatoms. The lowest BCUT2D eigenvalue weighted by Crippen LogP contribution is -2.45. The Balaban J connectivity index is 1.22. The van der Waals surface area contributed by atoms with E-state index in [1.54, 1.807) is 18.2 Å². The molecule has 3 heterocycles. The van der Waals surface area contributed by atoms with Crippen molar-refractivity contribution in [2.45, 2.75) is 31.3 Å². The van der Waals surface area contributed by atoms with Crippen molar-refractivity contribution in [1.29, 1.82) is 0 Å². The second kappa shape index (κ2) is 8.09. The van der Waals surface area contributed by atoms with Gasteiger partial charge in [-0.15, -0.1) is 0 Å². The first-order valence-electron chi connectivity index (χ1n) is 11.4. The van der Waals surface area contributed by atoms with Crippen molar-refractivity contribution in [3.63, 3.8) is 0 Å². The number of carbonyl (C=O) groups is 2. The number of likely N-dealkylation sites (tertiary alicyclic amines) is 1. The highest BCUT2D eigenvalue weighted by Gasteiger charge is 2.54. The molecule has 2 fully saturated rings. The van der Waals surface area contributed by atoms with Crippen molar-refractivity contribution >= 4 is 28.3 Å². The quantitative estimate of drug-likeness (QED) is 0.585. The summed E-state index contributed by atoms with van der Waals surface area (Å²) in [5.41, 5.74) is 8.33. The van der Waals surface area contributed by atoms with Crippen molar-refractivity contribution in [2.24, 2.45) is 5.92 Å². The normalized spacial score (nSPS) is 22.1. The first kappa shape index (κ1) is 21.1. The van der Waals surface area contributed by atoms with Crippen LogP contribution in [0.15, 0.2) is 42.5 Å². The van der Waals surface area contributed by atoms with Crippen LogP contribution in [0.25, 0.3) is 10.4 Å². The van der Waals surface area contributed by atoms with Gasteiger partial charge in [-0.2, -0.15) is 0 Å². The summed E-state index contributed by atoms with van der Waals surface area (Å²) < 4.78 is 19.4. The lowest BCUT2D eigenvalue weighted by atomic mass is 10.0. The number of nitrogens with zero attached hydrogens (tertiary/aromatic N) is 2. The van der Waals surface area contributed by atoms with Crippen LogP contribution in [0.4, 0.5) is 9.52 Å². The summed E-state index contributed by atoms with van der Waals surface area (Å²) in [5.74, 6) is 0.440. The molecule has 3 aromatic rings. The number of benzene rings is 2. The molecule has 6 rings (SSSR count). The molecule has 1 aliphatic carbocycles. The monoisotopic (exact) mass is 478 g/mol. The van der Waals surface area contributed by atoms with Crippen molar-refractivity contribution in [3.05, 3.63) is 65.1 Å². The molecule has 34 heavy (non-hydrogen) atoms. The number of aromatic nitrogens is 1. The maximum atomic E-state index is 13.8. The van der Waals surface area contributed by atoms with Gasteiger partial charge in [-0.05, 0) is 48.6 Å². The molecule has 0 bridgehead atoms. The molecule has 3 aliphatic rings. The maximum absolute atomic E-state index is 13.8. The summed E-state index contributed by atoms with van der Waals surface area (Å²) in [5, 5.41) is 3.29. The Morgan fingerprint density at radius 2 is 2.09 bits per heavy atom. The molecular weight excluding hydrogens is 455 g/mol. The van der Waals surface area contributed by atoms with E-state index in [0.717, 1.165) is 24.2 Å². The minimum absolute atomic E-state index is 0.128. The Morgan fingerprint density at radius 1 is 1.24 bits per heavy atom. The first-order valence-corrected chi connectivity index (χ1v) is 12.2. The van der Waals surface area contributed by atoms with Gasteiger partial charge < -0.3 is 20.7 Å². The smallest absolute Gasteiger partial charge is 0.274 e. The predicted octanol–water partition coefficient (Wildman–Crippen LogP) is 3.50. The third-order valence-corrected chi connectivity index (χ3v) is 7.80. The number of nitrogens with two attached hydrogens (primary N) is 1. The highest BCUT2D eigenvalue weighted by Crippen LogP contribution is 2.49. The Morgan fingerprint density at radius 3 is 2.94 bits per heavy atom. The van der Waals surface area contributed by atoms with E-state index in [4.69, 9.17) is 10.5 Å². The largest absolute Gasteiger partial charge is 0.493 e. The number of halogens is 1. The number of anilines is 1. The number of rotatable bonds is 5. The second-order valence-corrected chi connectivity index (χ2v) is 10.0. The van der Waals surface area contributed by atoms with E-state index in [1.165, 1.54) is 23.5 Å². The molecule has 7 nitrogen and oxygen atoms in total. The van der Waals surface area contributed by atoms with Crippen LogP contribution in [0.3, 0.4) is 0 Å². The molecule has 1 saturated heterocycles. The molecule has 2 unspecified atom stereocenters. The van der Waals surface area contributed by atoms with Crippen LogP contribution in [0, 0.1) is 11.7 Å². The molecule has 2 amide bonds. The summed E-state index contributed by atoms with van der Waals surface area (Å²) in [6.07, 6.45) is 2.50. The number of hydrogen-bond acceptors (Lipinski definition) is 6. The summed E-state index contributed by atoms with van der Waals surface area (Å²) >= 11 is 1.18. The lowest BCUT2D eigenvalue weighted by molar-refractivity contribution is 0.0684. The SMILES string of the molecule is Nc1nc(C(=O)N2C3CC3C[C@H]2CNC(=O)c2cccc3c2CCO3)c(-c2cccc(F)c2)s1. The van der Waals surface area contributed by atoms with Gasteiger partial charge in [-0.1, -0.05) is 29.5 Å². The zero-order chi connectivity index (χ0) is 23.4. The lowest BCUT2D eigenvalue weighted by Gasteiger charge is -2.27. The first-order chi connectivity index (χ1) is 16.5. The summed E-state index contributed by atoms with van der Waals surface area (Å²) in [7, 11) is 0. The number of thiazole rings is 1. The molecule has 0 radical (unpaired) electrons. The van der Waals surface area contributed by atoms with Crippen LogP contribution in [-0.4, -0.2) is 46.9 Å². The maximum Gasteiger partial charge on any atom is 0.274 e. The summed E-state index contributed by atoms with van der Waals surface area (Å²) in [4.78, 5) is 33.3. The van der Waals surface area contributed by atoms with Crippen LogP contribution in [-0.2, 0) is 6.42 Å². The fraction of sp³-hybridized carbons (Fsp3) is 0.320. The third-order valence-electron chi connectivity index (χ3n) is 6.86. The zero-order valence-corrected chi connectivity index (χ0v) is 19.1. The van der Waals surface area contributed by atoms with Gasteiger partial charge in [0.05, 0.1) is 17.5 Å². The fourth-order valence-electron chi connectivity index (χ4n) is 5.23. The standard InChI is InChI=1S/C25H23FN4O3S/c26-15-4-1-3-13(9-15)22-21(29-25(27)34-22)24(32)30-16(10-14-11-19(14)30)12-28-23(31)18-5-2-6-20-17(18)7-8-33-20/h1-6,9,14,16,19H,7-8,10-12H2,(H2,27,29)(H,28,31)/t14?,16-,19?/m0/s1. The second-order valence-electron chi connectivity index (χ2n) is 9.00. The number of nitrogen functional groups attached to an aromatic ring is 1. The van der Waals surface area contributed by atoms with Gasteiger partial charge >= 0.3 is 0 Å². The topological polar surface area (TPSA) is 97.5 Å². The van der Waals surface area contributed by atoms with E-state index in [2.05, 4.69) is 10.3 Å². The van der Waals surface area contributed by atoms with Crippen LogP contribution < -0.4 is 15.8 Å². The van der Waals surface area contributed by atoms with E-state index < -0.39 is 0 Å². The van der Waals surface area contributed by atoms with E-state index in [9.17, 15) is 14.0 Å². The number of fused-ring (bicyclic) bond motifs is 2. The van der Waals surface area contributed by atoms with Crippen LogP contribution in [0.2, 0.25) is 0 Å². The van der Waals surface area contributed by atoms with Gasteiger partial charge in [-0.3, -0.25) is 9.59 Å². The Bertz CT molecular complexity index is 1310. The highest BCUT2D eigenvalue weighted by molar-refractivity contribution is 7.19. The van der Waals surface area contributed by atoms with E-state index >= 15 is 0 Å². The van der Waals surface area contributed by atoms with Crippen LogP contribution in [0.1, 0.15) is 39.3 Å². The number of carbonyl (C=O) groups excluding carboxylic acids is 2. The average molecular weight is 479 g/mol. The molecular formula is C25H23FN4O3S. The van der Waals surface area contributed by atoms with Gasteiger partial charge in [0.25, 0.3) is 11.8 Å². The fourth-order valence-corrected chi connectivity index (χ4v) is 6.05. The highest BCUT2D eigenvalue weighted by atomic mass is 32.1. The van der Waals surface area contributed by atoms with Crippen molar-refractivity contribution in [2.75, 3.05) is 18.9 Å². The zero-order valence-electron chi connectivity index (χ0n) is 18.3. The summed E-state index contributed by atoms with van der Waals surface area (Å²) in [6.45, 7) is 0.940. The summed E-state index contributed by atoms with van der Waals surface area (Å²) in [6, 6.07) is 11.6. The minimum Gasteiger partial charge on any atom is -0.493 e. The Kier molecular flexibility index (Phi) is 5.02. The van der Waals surface area contributed by atoms with Crippen LogP contribution >= 0.6 is 11.3 Å². The van der Waals surface area contributed by atoms with Crippen LogP contribution in [0.5, 0.6) is 5.75 Å². The van der Waals surface area contributed by atoms with Gasteiger partial charge in [0.1, 0.15) is 17.3 Å². The van der Waals surface area contributed by atoms with E-state index in [1.807, 2.05) is 17.0 Å². The predicted molar refractivity (Wildman–Crippen MR) is 126 cm³/mol. The van der Waals surface area contributed by atoms with E-state index in [0.29, 0.717) is 41.5 Å². The van der Waals surface area contributed by atoms with Crippen molar-refractivity contribution in [1.82, 2.24) is 15.2 Å². The van der Waals surface area contributed by atoms with E-state index in [-0.39, 0.29) is 40.5 Å². The molecule has 174 valence electrons. The third kappa shape index (κ3) is 3.60. The molecule has 3 atom stereocenters. The van der Waals surface area contributed by atoms with Gasteiger partial charge in [0.15, 0.2) is 5.13 Å². The van der Waals surface area contributed by atoms with Gasteiger partial charge in [-0.25, -0.2) is 9.37 Å². The number of piperidine rings is 1. The molecule has 2 aromatic carbocycles. The average Bonchev–Trinajstić information content (AvgIpc) is 3.18. The molecule has 1 saturated carbocycles. The number of hydrogen-bond donors (Lipinski definition) is 2. The number of ether oxygens (including phenoxy) is 1. The molecule has 2 aliphatic heterocycles. The number of nitrogens with one attached hydrogen (secondary N) is 1.